The van der Waals surface area contributed by atoms with Gasteiger partial charge in [0.1, 0.15) is 16.3 Å². The number of pyridine rings is 1. The van der Waals surface area contributed by atoms with E-state index in [9.17, 15) is 13.2 Å². The second-order valence-electron chi connectivity index (χ2n) is 12.7. The van der Waals surface area contributed by atoms with Crippen LogP contribution in [0, 0.1) is 0 Å². The van der Waals surface area contributed by atoms with E-state index in [0.29, 0.717) is 18.1 Å². The summed E-state index contributed by atoms with van der Waals surface area (Å²) >= 11 is 6.12. The Bertz CT molecular complexity index is 1890. The summed E-state index contributed by atoms with van der Waals surface area (Å²) in [7, 11) is 0.910. The highest BCUT2D eigenvalue weighted by Gasteiger charge is 2.30. The summed E-state index contributed by atoms with van der Waals surface area (Å²) in [5, 5.41) is 4.38. The van der Waals surface area contributed by atoms with Gasteiger partial charge in [0.2, 0.25) is 11.8 Å². The lowest BCUT2D eigenvalue weighted by molar-refractivity contribution is 0.0185. The van der Waals surface area contributed by atoms with Gasteiger partial charge in [-0.05, 0) is 88.4 Å². The van der Waals surface area contributed by atoms with Crippen LogP contribution >= 0.6 is 11.6 Å². The van der Waals surface area contributed by atoms with Crippen molar-refractivity contribution in [1.82, 2.24) is 19.9 Å². The van der Waals surface area contributed by atoms with E-state index in [2.05, 4.69) is 20.0 Å². The van der Waals surface area contributed by atoms with Gasteiger partial charge in [0, 0.05) is 49.0 Å². The molecule has 1 aliphatic rings. The monoisotopic (exact) mass is 696 g/mol. The van der Waals surface area contributed by atoms with Crippen LogP contribution in [0.15, 0.2) is 59.6 Å². The van der Waals surface area contributed by atoms with E-state index in [-0.39, 0.29) is 39.8 Å². The SMILES string of the molecule is COCc1cc(-c2ccc(NS(=O)(=O)c3ccccc3Cl)nc2OC)cc2cnc(NC3CCC(N(C)C(=O)OC(C)(C)C)CC3)nc12. The molecule has 48 heavy (non-hydrogen) atoms. The van der Waals surface area contributed by atoms with Gasteiger partial charge in [-0.1, -0.05) is 23.7 Å². The third-order valence-electron chi connectivity index (χ3n) is 8.05. The van der Waals surface area contributed by atoms with Gasteiger partial charge in [0.05, 0.1) is 24.3 Å². The highest BCUT2D eigenvalue weighted by Crippen LogP contribution is 2.35. The minimum absolute atomic E-state index is 0.0532. The van der Waals surface area contributed by atoms with Crippen molar-refractivity contribution in [2.24, 2.45) is 0 Å². The first-order valence-corrected chi connectivity index (χ1v) is 17.5. The number of carbonyl (C=O) groups is 1. The molecule has 0 atom stereocenters. The summed E-state index contributed by atoms with van der Waals surface area (Å²) in [6.45, 7) is 5.90. The Labute approximate surface area is 286 Å². The van der Waals surface area contributed by atoms with E-state index in [0.717, 1.165) is 47.7 Å². The summed E-state index contributed by atoms with van der Waals surface area (Å²) in [6, 6.07) is 13.6. The highest BCUT2D eigenvalue weighted by molar-refractivity contribution is 7.92. The lowest BCUT2D eigenvalue weighted by atomic mass is 9.90. The Balaban J connectivity index is 1.33. The normalized spacial score (nSPS) is 16.7. The number of amides is 1. The molecular weight excluding hydrogens is 656 g/mol. The Hall–Kier alpha value is -4.20. The number of nitrogens with one attached hydrogen (secondary N) is 2. The average molecular weight is 697 g/mol. The van der Waals surface area contributed by atoms with Crippen LogP contribution in [-0.4, -0.2) is 73.3 Å². The molecule has 0 spiro atoms. The molecule has 1 saturated carbocycles. The molecule has 0 bridgehead atoms. The quantitative estimate of drug-likeness (QED) is 0.180. The van der Waals surface area contributed by atoms with Crippen molar-refractivity contribution in [2.45, 2.75) is 75.6 Å². The van der Waals surface area contributed by atoms with Gasteiger partial charge in [0.15, 0.2) is 0 Å². The molecule has 256 valence electrons. The fourth-order valence-corrected chi connectivity index (χ4v) is 7.23. The molecule has 1 amide bonds. The fraction of sp³-hybridized carbons (Fsp3) is 0.412. The minimum Gasteiger partial charge on any atom is -0.480 e. The van der Waals surface area contributed by atoms with Gasteiger partial charge >= 0.3 is 6.09 Å². The molecule has 2 aromatic heterocycles. The third-order valence-corrected chi connectivity index (χ3v) is 9.91. The molecule has 1 fully saturated rings. The van der Waals surface area contributed by atoms with Crippen LogP contribution in [-0.2, 0) is 26.1 Å². The first-order valence-electron chi connectivity index (χ1n) is 15.6. The first kappa shape index (κ1) is 35.1. The van der Waals surface area contributed by atoms with Crippen molar-refractivity contribution in [2.75, 3.05) is 31.3 Å². The Morgan fingerprint density at radius 1 is 1.04 bits per heavy atom. The highest BCUT2D eigenvalue weighted by atomic mass is 35.5. The summed E-state index contributed by atoms with van der Waals surface area (Å²) in [5.41, 5.74) is 2.47. The van der Waals surface area contributed by atoms with E-state index in [1.54, 1.807) is 49.5 Å². The molecule has 0 unspecified atom stereocenters. The molecule has 0 radical (unpaired) electrons. The molecule has 4 aromatic rings. The number of halogens is 1. The average Bonchev–Trinajstić information content (AvgIpc) is 3.04. The fourth-order valence-electron chi connectivity index (χ4n) is 5.71. The van der Waals surface area contributed by atoms with Crippen LogP contribution in [0.25, 0.3) is 22.0 Å². The van der Waals surface area contributed by atoms with E-state index < -0.39 is 15.6 Å². The second-order valence-corrected chi connectivity index (χ2v) is 14.8. The standard InChI is InChI=1S/C34H41ClN6O6S/c1-34(2,3)47-33(42)41(4)25-13-11-24(12-14-25)37-32-36-19-22-17-21(18-23(20-45-5)30(22)39-32)26-15-16-29(38-31(26)46-6)40-48(43,44)28-10-8-7-9-27(28)35/h7-10,15-19,24-25H,11-14,20H2,1-6H3,(H,38,40)(H,36,37,39). The molecule has 2 N–H and O–H groups in total. The summed E-state index contributed by atoms with van der Waals surface area (Å²) in [4.78, 5) is 28.1. The molecular formula is C34H41ClN6O6S. The molecule has 1 aliphatic carbocycles. The molecule has 0 aliphatic heterocycles. The zero-order chi connectivity index (χ0) is 34.6. The number of ether oxygens (including phenoxy) is 3. The van der Waals surface area contributed by atoms with Crippen molar-refractivity contribution in [1.29, 1.82) is 0 Å². The second kappa shape index (κ2) is 14.5. The van der Waals surface area contributed by atoms with Crippen LogP contribution < -0.4 is 14.8 Å². The maximum atomic E-state index is 13.0. The van der Waals surface area contributed by atoms with E-state index in [1.807, 2.05) is 32.9 Å². The lowest BCUT2D eigenvalue weighted by Gasteiger charge is -2.35. The van der Waals surface area contributed by atoms with Crippen molar-refractivity contribution in [3.8, 4) is 17.0 Å². The van der Waals surface area contributed by atoms with E-state index >= 15 is 0 Å². The number of fused-ring (bicyclic) bond motifs is 1. The van der Waals surface area contributed by atoms with Gasteiger partial charge in [-0.15, -0.1) is 0 Å². The molecule has 12 nitrogen and oxygen atoms in total. The summed E-state index contributed by atoms with van der Waals surface area (Å²) in [5.74, 6) is 0.827. The van der Waals surface area contributed by atoms with Crippen LogP contribution in [0.2, 0.25) is 5.02 Å². The maximum Gasteiger partial charge on any atom is 0.410 e. The van der Waals surface area contributed by atoms with Gasteiger partial charge in [-0.2, -0.15) is 4.98 Å². The van der Waals surface area contributed by atoms with E-state index in [1.165, 1.54) is 19.2 Å². The number of benzene rings is 2. The van der Waals surface area contributed by atoms with Crippen LogP contribution in [0.5, 0.6) is 5.88 Å². The van der Waals surface area contributed by atoms with Gasteiger partial charge in [0.25, 0.3) is 10.0 Å². The Kier molecular flexibility index (Phi) is 10.6. The molecule has 0 saturated heterocycles. The van der Waals surface area contributed by atoms with Crippen LogP contribution in [0.1, 0.15) is 52.0 Å². The van der Waals surface area contributed by atoms with Gasteiger partial charge < -0.3 is 24.4 Å². The number of hydrogen-bond acceptors (Lipinski definition) is 10. The predicted octanol–water partition coefficient (Wildman–Crippen LogP) is 6.89. The molecule has 14 heteroatoms. The van der Waals surface area contributed by atoms with Crippen LogP contribution in [0.4, 0.5) is 16.6 Å². The van der Waals surface area contributed by atoms with E-state index in [4.69, 9.17) is 30.8 Å². The van der Waals surface area contributed by atoms with Crippen molar-refractivity contribution in [3.63, 3.8) is 0 Å². The number of hydrogen-bond donors (Lipinski definition) is 2. The molecule has 2 aromatic carbocycles. The topological polar surface area (TPSA) is 145 Å². The third kappa shape index (κ3) is 8.26. The zero-order valence-electron chi connectivity index (χ0n) is 27.9. The molecule has 5 rings (SSSR count). The van der Waals surface area contributed by atoms with Gasteiger partial charge in [-0.3, -0.25) is 4.72 Å². The van der Waals surface area contributed by atoms with Crippen LogP contribution in [0.3, 0.4) is 0 Å². The number of methoxy groups -OCH3 is 2. The lowest BCUT2D eigenvalue weighted by Crippen LogP contribution is -2.43. The first-order chi connectivity index (χ1) is 22.8. The number of aromatic nitrogens is 3. The molecule has 2 heterocycles. The van der Waals surface area contributed by atoms with Crippen molar-refractivity contribution < 1.29 is 27.4 Å². The number of rotatable bonds is 10. The summed E-state index contributed by atoms with van der Waals surface area (Å²) in [6.07, 6.45) is 4.87. The zero-order valence-corrected chi connectivity index (χ0v) is 29.5. The Morgan fingerprint density at radius 2 is 1.77 bits per heavy atom. The number of carbonyl (C=O) groups excluding carboxylic acids is 1. The Morgan fingerprint density at radius 3 is 2.44 bits per heavy atom. The number of anilines is 2. The minimum atomic E-state index is -3.98. The number of nitrogens with zero attached hydrogens (tertiary/aromatic N) is 4. The van der Waals surface area contributed by atoms with Crippen molar-refractivity contribution >= 4 is 50.4 Å². The van der Waals surface area contributed by atoms with Crippen molar-refractivity contribution in [3.05, 3.63) is 65.3 Å². The predicted molar refractivity (Wildman–Crippen MR) is 186 cm³/mol. The van der Waals surface area contributed by atoms with Gasteiger partial charge in [-0.25, -0.2) is 23.2 Å². The summed E-state index contributed by atoms with van der Waals surface area (Å²) < 4.78 is 45.1. The number of sulfonamides is 1. The maximum absolute atomic E-state index is 13.0. The smallest absolute Gasteiger partial charge is 0.410 e. The largest absolute Gasteiger partial charge is 0.480 e.